The first-order valence-electron chi connectivity index (χ1n) is 9.13. The molecule has 0 aliphatic carbocycles. The lowest BCUT2D eigenvalue weighted by Crippen LogP contribution is -2.36. The number of benzene rings is 1. The van der Waals surface area contributed by atoms with E-state index in [1.54, 1.807) is 6.92 Å². The molecule has 0 radical (unpaired) electrons. The van der Waals surface area contributed by atoms with Gasteiger partial charge in [-0.05, 0) is 19.4 Å². The average Bonchev–Trinajstić information content (AvgIpc) is 2.72. The van der Waals surface area contributed by atoms with E-state index in [1.807, 2.05) is 0 Å². The molecule has 3 N–H and O–H groups in total. The van der Waals surface area contributed by atoms with Crippen LogP contribution in [0, 0.1) is 10.1 Å². The molecule has 0 saturated heterocycles. The zero-order chi connectivity index (χ0) is 21.6. The number of nitro groups is 1. The highest BCUT2D eigenvalue weighted by Gasteiger charge is 2.19. The fourth-order valence-corrected chi connectivity index (χ4v) is 2.31. The number of ether oxygens (including phenoxy) is 3. The molecule has 11 nitrogen and oxygen atoms in total. The highest BCUT2D eigenvalue weighted by molar-refractivity contribution is 5.77. The maximum absolute atomic E-state index is 11.8. The van der Waals surface area contributed by atoms with Crippen molar-refractivity contribution in [1.82, 2.24) is 10.6 Å². The Morgan fingerprint density at radius 2 is 1.86 bits per heavy atom. The summed E-state index contributed by atoms with van der Waals surface area (Å²) in [7, 11) is 1.38. The summed E-state index contributed by atoms with van der Waals surface area (Å²) in [5.74, 6) is -0.0355. The van der Waals surface area contributed by atoms with Crippen LogP contribution in [0.1, 0.15) is 25.3 Å². The van der Waals surface area contributed by atoms with Crippen molar-refractivity contribution in [3.63, 3.8) is 0 Å². The highest BCUT2D eigenvalue weighted by Crippen LogP contribution is 2.34. The van der Waals surface area contributed by atoms with Gasteiger partial charge in [-0.3, -0.25) is 19.7 Å². The molecule has 29 heavy (non-hydrogen) atoms. The Balaban J connectivity index is 2.37. The van der Waals surface area contributed by atoms with E-state index in [-0.39, 0.29) is 54.2 Å². The van der Waals surface area contributed by atoms with Crippen LogP contribution in [0.4, 0.5) is 5.69 Å². The van der Waals surface area contributed by atoms with E-state index in [9.17, 15) is 24.8 Å². The second-order valence-corrected chi connectivity index (χ2v) is 5.84. The Morgan fingerprint density at radius 1 is 1.17 bits per heavy atom. The summed E-state index contributed by atoms with van der Waals surface area (Å²) in [6, 6.07) is 2.54. The summed E-state index contributed by atoms with van der Waals surface area (Å²) in [5, 5.41) is 25.6. The van der Waals surface area contributed by atoms with Gasteiger partial charge in [0.15, 0.2) is 11.5 Å². The number of rotatable bonds is 14. The zero-order valence-corrected chi connectivity index (χ0v) is 16.6. The van der Waals surface area contributed by atoms with E-state index >= 15 is 0 Å². The van der Waals surface area contributed by atoms with Gasteiger partial charge in [0.05, 0.1) is 36.9 Å². The number of nitro benzene ring substituents is 1. The van der Waals surface area contributed by atoms with Crippen molar-refractivity contribution in [3.05, 3.63) is 27.8 Å². The molecule has 0 unspecified atom stereocenters. The molecule has 0 fully saturated rings. The van der Waals surface area contributed by atoms with Crippen LogP contribution >= 0.6 is 0 Å². The van der Waals surface area contributed by atoms with Gasteiger partial charge in [0, 0.05) is 26.1 Å². The highest BCUT2D eigenvalue weighted by atomic mass is 16.6. The van der Waals surface area contributed by atoms with Gasteiger partial charge in [-0.25, -0.2) is 0 Å². The average molecular weight is 413 g/mol. The molecule has 1 aromatic rings. The minimum absolute atomic E-state index is 0.0112. The largest absolute Gasteiger partial charge is 0.493 e. The number of amides is 2. The van der Waals surface area contributed by atoms with Crippen molar-refractivity contribution in [1.29, 1.82) is 0 Å². The quantitative estimate of drug-likeness (QED) is 0.227. The molecular formula is C18H27N3O8. The van der Waals surface area contributed by atoms with Crippen LogP contribution in [-0.4, -0.2) is 61.9 Å². The zero-order valence-electron chi connectivity index (χ0n) is 16.6. The fourth-order valence-electron chi connectivity index (χ4n) is 2.31. The molecule has 0 saturated carbocycles. The number of aliphatic hydroxyl groups excluding tert-OH is 1. The Kier molecular flexibility index (Phi) is 11.1. The number of methoxy groups -OCH3 is 1. The van der Waals surface area contributed by atoms with Gasteiger partial charge in [-0.2, -0.15) is 0 Å². The Hall–Kier alpha value is -2.92. The number of carbonyl (C=O) groups is 2. The first-order valence-corrected chi connectivity index (χ1v) is 9.13. The molecule has 11 heteroatoms. The molecule has 1 rings (SSSR count). The lowest BCUT2D eigenvalue weighted by Gasteiger charge is -2.12. The third-order valence-corrected chi connectivity index (χ3v) is 3.74. The van der Waals surface area contributed by atoms with Crippen molar-refractivity contribution in [2.24, 2.45) is 0 Å². The fraction of sp³-hybridized carbons (Fsp3) is 0.556. The summed E-state index contributed by atoms with van der Waals surface area (Å²) < 4.78 is 15.6. The van der Waals surface area contributed by atoms with Crippen molar-refractivity contribution >= 4 is 17.5 Å². The normalized spacial score (nSPS) is 10.3. The molecule has 0 aliphatic heterocycles. The number of carbonyl (C=O) groups excluding carboxylic acids is 2. The van der Waals surface area contributed by atoms with Crippen LogP contribution in [0.25, 0.3) is 0 Å². The van der Waals surface area contributed by atoms with E-state index in [0.717, 1.165) is 0 Å². The number of nitrogens with one attached hydrogen (secondary N) is 2. The lowest BCUT2D eigenvalue weighted by atomic mass is 10.1. The van der Waals surface area contributed by atoms with Crippen LogP contribution in [0.3, 0.4) is 0 Å². The molecule has 0 atom stereocenters. The SMILES string of the molecule is CCOCC(=O)NCCNC(=O)CCCOc1cc([N+](=O)[O-])c(CO)cc1OC. The monoisotopic (exact) mass is 413 g/mol. The first kappa shape index (κ1) is 24.1. The van der Waals surface area contributed by atoms with Gasteiger partial charge in [-0.1, -0.05) is 0 Å². The summed E-state index contributed by atoms with van der Waals surface area (Å²) in [6.45, 7) is 2.47. The van der Waals surface area contributed by atoms with Gasteiger partial charge in [-0.15, -0.1) is 0 Å². The van der Waals surface area contributed by atoms with Gasteiger partial charge < -0.3 is 30.0 Å². The molecule has 0 bridgehead atoms. The third kappa shape index (κ3) is 8.75. The maximum Gasteiger partial charge on any atom is 0.278 e. The van der Waals surface area contributed by atoms with Crippen molar-refractivity contribution in [2.45, 2.75) is 26.4 Å². The van der Waals surface area contributed by atoms with Crippen LogP contribution < -0.4 is 20.1 Å². The van der Waals surface area contributed by atoms with Crippen LogP contribution in [-0.2, 0) is 20.9 Å². The van der Waals surface area contributed by atoms with E-state index in [2.05, 4.69) is 10.6 Å². The number of hydrogen-bond donors (Lipinski definition) is 3. The molecule has 162 valence electrons. The molecule has 1 aromatic carbocycles. The molecule has 0 aliphatic rings. The molecule has 2 amide bonds. The van der Waals surface area contributed by atoms with Gasteiger partial charge in [0.1, 0.15) is 6.61 Å². The van der Waals surface area contributed by atoms with Crippen molar-refractivity contribution < 1.29 is 33.8 Å². The third-order valence-electron chi connectivity index (χ3n) is 3.74. The van der Waals surface area contributed by atoms with Crippen LogP contribution in [0.5, 0.6) is 11.5 Å². The van der Waals surface area contributed by atoms with Crippen molar-refractivity contribution in [3.8, 4) is 11.5 Å². The van der Waals surface area contributed by atoms with Crippen LogP contribution in [0.2, 0.25) is 0 Å². The number of aliphatic hydroxyl groups is 1. The predicted octanol–water partition coefficient (Wildman–Crippen LogP) is 0.524. The van der Waals surface area contributed by atoms with Crippen molar-refractivity contribution in [2.75, 3.05) is 40.0 Å². The summed E-state index contributed by atoms with van der Waals surface area (Å²) in [5.41, 5.74) is -0.153. The molecule has 0 heterocycles. The Labute approximate surface area is 168 Å². The van der Waals surface area contributed by atoms with Crippen LogP contribution in [0.15, 0.2) is 12.1 Å². The lowest BCUT2D eigenvalue weighted by molar-refractivity contribution is -0.385. The first-order chi connectivity index (χ1) is 13.9. The Bertz CT molecular complexity index is 696. The summed E-state index contributed by atoms with van der Waals surface area (Å²) in [6.07, 6.45) is 0.563. The van der Waals surface area contributed by atoms with E-state index < -0.39 is 11.5 Å². The predicted molar refractivity (Wildman–Crippen MR) is 103 cm³/mol. The second kappa shape index (κ2) is 13.3. The molecular weight excluding hydrogens is 386 g/mol. The second-order valence-electron chi connectivity index (χ2n) is 5.84. The summed E-state index contributed by atoms with van der Waals surface area (Å²) >= 11 is 0. The van der Waals surface area contributed by atoms with Gasteiger partial charge in [0.2, 0.25) is 11.8 Å². The van der Waals surface area contributed by atoms with E-state index in [4.69, 9.17) is 14.2 Å². The minimum atomic E-state index is -0.613. The topological polar surface area (TPSA) is 149 Å². The Morgan fingerprint density at radius 3 is 2.45 bits per heavy atom. The number of hydrogen-bond acceptors (Lipinski definition) is 8. The molecule has 0 spiro atoms. The van der Waals surface area contributed by atoms with E-state index in [1.165, 1.54) is 19.2 Å². The minimum Gasteiger partial charge on any atom is -0.493 e. The van der Waals surface area contributed by atoms with E-state index in [0.29, 0.717) is 26.1 Å². The standard InChI is InChI=1S/C18H27N3O8/c1-3-28-12-18(24)20-7-6-19-17(23)5-4-8-29-16-10-14(21(25)26)13(11-22)9-15(16)27-2/h9-10,22H,3-8,11-12H2,1-2H3,(H,19,23)(H,20,24). The van der Waals surface area contributed by atoms with Gasteiger partial charge >= 0.3 is 0 Å². The maximum atomic E-state index is 11.8. The smallest absolute Gasteiger partial charge is 0.278 e. The van der Waals surface area contributed by atoms with Gasteiger partial charge in [0.25, 0.3) is 5.69 Å². The molecule has 0 aromatic heterocycles. The summed E-state index contributed by atoms with van der Waals surface area (Å²) in [4.78, 5) is 33.6. The number of nitrogens with zero attached hydrogens (tertiary/aromatic N) is 1.